The van der Waals surface area contributed by atoms with Crippen LogP contribution in [0.15, 0.2) is 0 Å². The van der Waals surface area contributed by atoms with Crippen LogP contribution in [0.1, 0.15) is 6.42 Å². The largest absolute Gasteiger partial charge is 0.380 e. The van der Waals surface area contributed by atoms with Crippen molar-refractivity contribution in [3.8, 4) is 0 Å². The third kappa shape index (κ3) is 1.32. The monoisotopic (exact) mass is 170 g/mol. The van der Waals surface area contributed by atoms with Crippen LogP contribution in [0.2, 0.25) is 0 Å². The van der Waals surface area contributed by atoms with Crippen molar-refractivity contribution in [1.82, 2.24) is 10.2 Å². The van der Waals surface area contributed by atoms with Crippen molar-refractivity contribution in [3.05, 3.63) is 0 Å². The van der Waals surface area contributed by atoms with Gasteiger partial charge in [0.05, 0.1) is 12.6 Å². The van der Waals surface area contributed by atoms with Crippen LogP contribution in [-0.4, -0.2) is 49.7 Å². The maximum Gasteiger partial charge on any atom is 0.234 e. The molecule has 2 saturated heterocycles. The van der Waals surface area contributed by atoms with E-state index in [4.69, 9.17) is 4.74 Å². The Morgan fingerprint density at radius 2 is 2.50 bits per heavy atom. The number of methoxy groups -OCH3 is 1. The smallest absolute Gasteiger partial charge is 0.234 e. The topological polar surface area (TPSA) is 41.6 Å². The van der Waals surface area contributed by atoms with Crippen LogP contribution in [0.5, 0.6) is 0 Å². The molecule has 4 nitrogen and oxygen atoms in total. The Hall–Kier alpha value is -0.610. The highest BCUT2D eigenvalue weighted by Gasteiger charge is 2.35. The number of hydrogen-bond donors (Lipinski definition) is 1. The average Bonchev–Trinajstić information content (AvgIpc) is 2.46. The van der Waals surface area contributed by atoms with Gasteiger partial charge in [0, 0.05) is 26.2 Å². The van der Waals surface area contributed by atoms with E-state index in [0.29, 0.717) is 18.7 Å². The number of amides is 1. The lowest BCUT2D eigenvalue weighted by Gasteiger charge is -2.28. The molecule has 0 aromatic heterocycles. The molecule has 0 aromatic rings. The van der Waals surface area contributed by atoms with Crippen LogP contribution >= 0.6 is 0 Å². The van der Waals surface area contributed by atoms with Gasteiger partial charge in [-0.2, -0.15) is 0 Å². The van der Waals surface area contributed by atoms with E-state index in [2.05, 4.69) is 10.2 Å². The Bertz CT molecular complexity index is 195. The van der Waals surface area contributed by atoms with Crippen molar-refractivity contribution in [3.63, 3.8) is 0 Å². The average molecular weight is 170 g/mol. The molecule has 2 fully saturated rings. The van der Waals surface area contributed by atoms with E-state index in [-0.39, 0.29) is 5.91 Å². The van der Waals surface area contributed by atoms with Crippen LogP contribution in [0.3, 0.4) is 0 Å². The predicted molar refractivity (Wildman–Crippen MR) is 43.8 cm³/mol. The molecule has 1 amide bonds. The van der Waals surface area contributed by atoms with Gasteiger partial charge in [-0.05, 0) is 6.42 Å². The quantitative estimate of drug-likeness (QED) is 0.560. The first-order valence-corrected chi connectivity index (χ1v) is 4.33. The highest BCUT2D eigenvalue weighted by atomic mass is 16.5. The van der Waals surface area contributed by atoms with Crippen LogP contribution in [0, 0.1) is 0 Å². The zero-order chi connectivity index (χ0) is 8.55. The van der Waals surface area contributed by atoms with Crippen LogP contribution in [0.25, 0.3) is 0 Å². The number of rotatable bonds is 1. The van der Waals surface area contributed by atoms with Gasteiger partial charge >= 0.3 is 0 Å². The lowest BCUT2D eigenvalue weighted by atomic mass is 10.2. The number of hydrogen-bond acceptors (Lipinski definition) is 3. The Morgan fingerprint density at radius 1 is 1.67 bits per heavy atom. The molecule has 2 unspecified atom stereocenters. The molecule has 2 atom stereocenters. The van der Waals surface area contributed by atoms with Crippen molar-refractivity contribution in [2.24, 2.45) is 0 Å². The summed E-state index contributed by atoms with van der Waals surface area (Å²) in [4.78, 5) is 13.2. The number of nitrogens with zero attached hydrogens (tertiary/aromatic N) is 1. The van der Waals surface area contributed by atoms with Crippen molar-refractivity contribution in [2.75, 3.05) is 26.7 Å². The molecular weight excluding hydrogens is 156 g/mol. The van der Waals surface area contributed by atoms with Crippen molar-refractivity contribution in [1.29, 1.82) is 0 Å². The fourth-order valence-electron chi connectivity index (χ4n) is 1.99. The summed E-state index contributed by atoms with van der Waals surface area (Å²) in [6.45, 7) is 2.25. The maximum absolute atomic E-state index is 11.0. The molecule has 4 heteroatoms. The van der Waals surface area contributed by atoms with E-state index in [1.54, 1.807) is 7.11 Å². The summed E-state index contributed by atoms with van der Waals surface area (Å²) in [6, 6.07) is 0.507. The number of nitrogens with one attached hydrogen (secondary N) is 1. The first-order chi connectivity index (χ1) is 5.79. The first kappa shape index (κ1) is 8.01. The maximum atomic E-state index is 11.0. The Balaban J connectivity index is 1.97. The normalized spacial score (nSPS) is 36.2. The third-order valence-electron chi connectivity index (χ3n) is 2.70. The van der Waals surface area contributed by atoms with E-state index in [9.17, 15) is 4.79 Å². The number of piperazine rings is 1. The molecule has 2 heterocycles. The van der Waals surface area contributed by atoms with Gasteiger partial charge in [0.2, 0.25) is 5.91 Å². The summed E-state index contributed by atoms with van der Waals surface area (Å²) >= 11 is 0. The lowest BCUT2D eigenvalue weighted by molar-refractivity contribution is -0.124. The Kier molecular flexibility index (Phi) is 2.02. The standard InChI is InChI=1S/C8H14N2O2/c1-12-7-2-6-3-9-8(11)5-10(6)4-7/h6-7H,2-5H2,1H3,(H,9,11). The Morgan fingerprint density at radius 3 is 3.25 bits per heavy atom. The third-order valence-corrected chi connectivity index (χ3v) is 2.70. The minimum absolute atomic E-state index is 0.142. The predicted octanol–water partition coefficient (Wildman–Crippen LogP) is -0.794. The SMILES string of the molecule is COC1CC2CNC(=O)CN2C1. The van der Waals surface area contributed by atoms with Crippen molar-refractivity contribution >= 4 is 5.91 Å². The molecule has 0 radical (unpaired) electrons. The van der Waals surface area contributed by atoms with Gasteiger partial charge in [0.25, 0.3) is 0 Å². The van der Waals surface area contributed by atoms with E-state index in [1.807, 2.05) is 0 Å². The van der Waals surface area contributed by atoms with Gasteiger partial charge in [-0.25, -0.2) is 0 Å². The zero-order valence-corrected chi connectivity index (χ0v) is 7.25. The summed E-state index contributed by atoms with van der Waals surface area (Å²) in [5.74, 6) is 0.142. The van der Waals surface area contributed by atoms with E-state index in [1.165, 1.54) is 0 Å². The molecule has 2 aliphatic heterocycles. The fourth-order valence-corrected chi connectivity index (χ4v) is 1.99. The summed E-state index contributed by atoms with van der Waals surface area (Å²) in [5, 5.41) is 2.86. The summed E-state index contributed by atoms with van der Waals surface area (Å²) < 4.78 is 5.26. The Labute approximate surface area is 71.9 Å². The number of carbonyl (C=O) groups excluding carboxylic acids is 1. The van der Waals surface area contributed by atoms with Crippen molar-refractivity contribution in [2.45, 2.75) is 18.6 Å². The van der Waals surface area contributed by atoms with Crippen LogP contribution < -0.4 is 5.32 Å². The highest BCUT2D eigenvalue weighted by Crippen LogP contribution is 2.20. The summed E-state index contributed by atoms with van der Waals surface area (Å²) in [5.41, 5.74) is 0. The van der Waals surface area contributed by atoms with E-state index >= 15 is 0 Å². The first-order valence-electron chi connectivity index (χ1n) is 4.33. The molecule has 68 valence electrons. The second kappa shape index (κ2) is 3.03. The molecule has 0 aliphatic carbocycles. The molecule has 0 spiro atoms. The van der Waals surface area contributed by atoms with Gasteiger partial charge in [-0.15, -0.1) is 0 Å². The fraction of sp³-hybridized carbons (Fsp3) is 0.875. The van der Waals surface area contributed by atoms with Gasteiger partial charge in [0.1, 0.15) is 0 Å². The summed E-state index contributed by atoms with van der Waals surface area (Å²) in [6.07, 6.45) is 1.37. The van der Waals surface area contributed by atoms with Gasteiger partial charge in [-0.1, -0.05) is 0 Å². The molecule has 2 aliphatic rings. The minimum atomic E-state index is 0.142. The molecular formula is C8H14N2O2. The van der Waals surface area contributed by atoms with E-state index in [0.717, 1.165) is 19.5 Å². The molecule has 0 aromatic carbocycles. The number of ether oxygens (including phenoxy) is 1. The summed E-state index contributed by atoms with van der Waals surface area (Å²) in [7, 11) is 1.73. The molecule has 0 saturated carbocycles. The second-order valence-electron chi connectivity index (χ2n) is 3.48. The van der Waals surface area contributed by atoms with Gasteiger partial charge < -0.3 is 10.1 Å². The molecule has 0 bridgehead atoms. The molecule has 2 rings (SSSR count). The van der Waals surface area contributed by atoms with E-state index < -0.39 is 0 Å². The van der Waals surface area contributed by atoms with Crippen LogP contribution in [0.4, 0.5) is 0 Å². The molecule has 1 N–H and O–H groups in total. The highest BCUT2D eigenvalue weighted by molar-refractivity contribution is 5.79. The number of carbonyl (C=O) groups is 1. The van der Waals surface area contributed by atoms with Gasteiger partial charge in [-0.3, -0.25) is 9.69 Å². The van der Waals surface area contributed by atoms with Crippen molar-refractivity contribution < 1.29 is 9.53 Å². The second-order valence-corrected chi connectivity index (χ2v) is 3.48. The van der Waals surface area contributed by atoms with Gasteiger partial charge in [0.15, 0.2) is 0 Å². The van der Waals surface area contributed by atoms with Crippen LogP contribution in [-0.2, 0) is 9.53 Å². The lowest BCUT2D eigenvalue weighted by Crippen LogP contribution is -2.51. The number of fused-ring (bicyclic) bond motifs is 1. The zero-order valence-electron chi connectivity index (χ0n) is 7.25. The molecule has 12 heavy (non-hydrogen) atoms. The minimum Gasteiger partial charge on any atom is -0.380 e.